The third kappa shape index (κ3) is 1.38. The Morgan fingerprint density at radius 2 is 1.17 bits per heavy atom. The highest BCUT2D eigenvalue weighted by molar-refractivity contribution is 7.22. The average Bonchev–Trinajstić information content (AvgIpc) is 3.17. The van der Waals surface area contributed by atoms with E-state index < -0.39 is 7.38 Å². The van der Waals surface area contributed by atoms with Gasteiger partial charge in [-0.15, -0.1) is 0 Å². The second-order valence-electron chi connectivity index (χ2n) is 6.91. The Morgan fingerprint density at radius 3 is 1.39 bits per heavy atom. The molecule has 4 aliphatic rings. The summed E-state index contributed by atoms with van der Waals surface area (Å²) in [6.45, 7) is 2.38. The molecule has 2 fully saturated rings. The fraction of sp³-hybridized carbons (Fsp3) is 0.750. The minimum Gasteiger partial charge on any atom is -0.166 e. The van der Waals surface area contributed by atoms with Crippen LogP contribution in [-0.4, -0.2) is 7.38 Å². The van der Waals surface area contributed by atoms with Crippen LogP contribution in [0.4, 0.5) is 0 Å². The van der Waals surface area contributed by atoms with E-state index >= 15 is 0 Å². The van der Waals surface area contributed by atoms with Crippen LogP contribution in [0.25, 0.3) is 0 Å². The third-order valence-corrected chi connectivity index (χ3v) is 13.7. The van der Waals surface area contributed by atoms with Crippen molar-refractivity contribution >= 4 is 18.5 Å². The Labute approximate surface area is 116 Å². The van der Waals surface area contributed by atoms with Crippen molar-refractivity contribution in [2.75, 3.05) is 0 Å². The highest BCUT2D eigenvalue weighted by Crippen LogP contribution is 2.65. The molecule has 0 spiro atoms. The van der Waals surface area contributed by atoms with E-state index in [1.54, 1.807) is 0 Å². The quantitative estimate of drug-likeness (QED) is 0.382. The van der Waals surface area contributed by atoms with E-state index in [1.807, 2.05) is 0 Å². The first-order valence-electron chi connectivity index (χ1n) is 7.79. The van der Waals surface area contributed by atoms with Crippen molar-refractivity contribution in [1.29, 1.82) is 0 Å². The summed E-state index contributed by atoms with van der Waals surface area (Å²) in [7, 11) is -1.64. The maximum Gasteiger partial charge on any atom is 0.164 e. The first-order chi connectivity index (χ1) is 8.74. The Bertz CT molecular complexity index is 351. The Morgan fingerprint density at radius 1 is 0.833 bits per heavy atom. The van der Waals surface area contributed by atoms with Gasteiger partial charge < -0.3 is 0 Å². The zero-order valence-corrected chi connectivity index (χ0v) is 12.9. The molecule has 0 aromatic heterocycles. The van der Waals surface area contributed by atoms with Gasteiger partial charge in [-0.3, -0.25) is 0 Å². The van der Waals surface area contributed by atoms with Gasteiger partial charge in [-0.1, -0.05) is 31.2 Å². The van der Waals surface area contributed by atoms with Crippen LogP contribution in [0.1, 0.15) is 32.6 Å². The van der Waals surface area contributed by atoms with E-state index in [-0.39, 0.29) is 0 Å². The largest absolute Gasteiger partial charge is 0.166 e. The van der Waals surface area contributed by atoms with Gasteiger partial charge in [0.05, 0.1) is 0 Å². The predicted octanol–water partition coefficient (Wildman–Crippen LogP) is 5.12. The molecule has 2 saturated carbocycles. The van der Waals surface area contributed by atoms with E-state index in [1.165, 1.54) is 31.7 Å². The van der Waals surface area contributed by atoms with E-state index in [0.717, 1.165) is 34.8 Å². The van der Waals surface area contributed by atoms with Gasteiger partial charge in [0, 0.05) is 0 Å². The number of allylic oxidation sites excluding steroid dienone is 4. The lowest BCUT2D eigenvalue weighted by molar-refractivity contribution is 0.594. The van der Waals surface area contributed by atoms with Crippen LogP contribution in [0.15, 0.2) is 24.3 Å². The maximum atomic E-state index is 7.45. The first-order valence-corrected chi connectivity index (χ1v) is 11.2. The zero-order chi connectivity index (χ0) is 12.3. The van der Waals surface area contributed by atoms with Gasteiger partial charge in [0.1, 0.15) is 0 Å². The van der Waals surface area contributed by atoms with Crippen LogP contribution in [0.2, 0.25) is 17.1 Å². The van der Waals surface area contributed by atoms with E-state index in [4.69, 9.17) is 11.1 Å². The van der Waals surface area contributed by atoms with Gasteiger partial charge >= 0.3 is 0 Å². The van der Waals surface area contributed by atoms with E-state index in [2.05, 4.69) is 31.2 Å². The molecule has 4 aliphatic carbocycles. The molecule has 0 radical (unpaired) electrons. The molecule has 18 heavy (non-hydrogen) atoms. The third-order valence-electron chi connectivity index (χ3n) is 6.37. The van der Waals surface area contributed by atoms with Crippen molar-refractivity contribution in [3.8, 4) is 0 Å². The van der Waals surface area contributed by atoms with Crippen molar-refractivity contribution in [3.05, 3.63) is 24.3 Å². The van der Waals surface area contributed by atoms with Crippen LogP contribution in [0, 0.1) is 23.7 Å². The summed E-state index contributed by atoms with van der Waals surface area (Å²) in [6.07, 6.45) is 15.7. The topological polar surface area (TPSA) is 0 Å². The first kappa shape index (κ1) is 11.8. The standard InChI is InChI=1S/C16H23ClSi/c1-2-18(17,15-11-3-4-12(15)6-5-11)16-13-7-8-14(16)10-9-13/h3-4,7-8,11-16H,2,5-6,9-10H2,1H3. The molecule has 0 nitrogen and oxygen atoms in total. The van der Waals surface area contributed by atoms with Crippen molar-refractivity contribution < 1.29 is 0 Å². The number of rotatable bonds is 3. The lowest BCUT2D eigenvalue weighted by atomic mass is 10.1. The SMILES string of the molecule is CC[Si](Cl)(C1C2C=CC1CC2)C1C2C=CC1CC2. The Balaban J connectivity index is 1.68. The number of fused-ring (bicyclic) bond motifs is 4. The summed E-state index contributed by atoms with van der Waals surface area (Å²) in [5.74, 6) is 3.39. The fourth-order valence-electron chi connectivity index (χ4n) is 5.67. The van der Waals surface area contributed by atoms with Crippen LogP contribution in [0.5, 0.6) is 0 Å². The molecule has 4 unspecified atom stereocenters. The number of hydrogen-bond acceptors (Lipinski definition) is 0. The van der Waals surface area contributed by atoms with Crippen molar-refractivity contribution in [1.82, 2.24) is 0 Å². The number of halogens is 1. The summed E-state index contributed by atoms with van der Waals surface area (Å²) >= 11 is 7.45. The molecule has 4 bridgehead atoms. The summed E-state index contributed by atoms with van der Waals surface area (Å²) in [5, 5.41) is 0. The molecule has 0 aromatic carbocycles. The minimum atomic E-state index is -1.64. The normalized spacial score (nSPS) is 51.2. The lowest BCUT2D eigenvalue weighted by Gasteiger charge is -2.40. The smallest absolute Gasteiger partial charge is 0.164 e. The molecule has 4 atom stereocenters. The Kier molecular flexibility index (Phi) is 2.61. The molecule has 0 aromatic rings. The molecule has 0 aliphatic heterocycles. The highest BCUT2D eigenvalue weighted by Gasteiger charge is 2.59. The molecule has 0 N–H and O–H groups in total. The lowest BCUT2D eigenvalue weighted by Crippen LogP contribution is -2.43. The van der Waals surface area contributed by atoms with Crippen molar-refractivity contribution in [2.24, 2.45) is 23.7 Å². The van der Waals surface area contributed by atoms with Crippen LogP contribution in [0.3, 0.4) is 0 Å². The van der Waals surface area contributed by atoms with Crippen LogP contribution >= 0.6 is 11.1 Å². The summed E-state index contributed by atoms with van der Waals surface area (Å²) in [4.78, 5) is 0. The highest BCUT2D eigenvalue weighted by atomic mass is 35.6. The maximum absolute atomic E-state index is 7.45. The second kappa shape index (κ2) is 3.99. The Hall–Kier alpha value is -0.0131. The van der Waals surface area contributed by atoms with Crippen LogP contribution in [-0.2, 0) is 0 Å². The van der Waals surface area contributed by atoms with Gasteiger partial charge in [-0.2, -0.15) is 11.1 Å². The molecular formula is C16H23ClSi. The van der Waals surface area contributed by atoms with Gasteiger partial charge in [-0.25, -0.2) is 0 Å². The minimum absolute atomic E-state index is 0.846. The molecule has 0 heterocycles. The molecule has 4 rings (SSSR count). The molecule has 0 saturated heterocycles. The van der Waals surface area contributed by atoms with Crippen molar-refractivity contribution in [3.63, 3.8) is 0 Å². The van der Waals surface area contributed by atoms with Crippen LogP contribution < -0.4 is 0 Å². The summed E-state index contributed by atoms with van der Waals surface area (Å²) in [5.41, 5.74) is 1.74. The van der Waals surface area contributed by atoms with E-state index in [9.17, 15) is 0 Å². The second-order valence-corrected chi connectivity index (χ2v) is 12.9. The molecule has 0 amide bonds. The van der Waals surface area contributed by atoms with Gasteiger partial charge in [0.15, 0.2) is 7.38 Å². The summed E-state index contributed by atoms with van der Waals surface area (Å²) in [6, 6.07) is 1.28. The predicted molar refractivity (Wildman–Crippen MR) is 80.3 cm³/mol. The molecule has 98 valence electrons. The van der Waals surface area contributed by atoms with E-state index in [0.29, 0.717) is 0 Å². The number of hydrogen-bond donors (Lipinski definition) is 0. The average molecular weight is 279 g/mol. The zero-order valence-electron chi connectivity index (χ0n) is 11.2. The van der Waals surface area contributed by atoms with Gasteiger partial charge in [-0.05, 0) is 66.5 Å². The monoisotopic (exact) mass is 278 g/mol. The molecular weight excluding hydrogens is 256 g/mol. The van der Waals surface area contributed by atoms with Gasteiger partial charge in [0.25, 0.3) is 0 Å². The molecule has 2 heteroatoms. The van der Waals surface area contributed by atoms with Gasteiger partial charge in [0.2, 0.25) is 0 Å². The summed E-state index contributed by atoms with van der Waals surface area (Å²) < 4.78 is 0. The van der Waals surface area contributed by atoms with Crippen molar-refractivity contribution in [2.45, 2.75) is 49.7 Å². The fourth-order valence-corrected chi connectivity index (χ4v) is 13.0.